The van der Waals surface area contributed by atoms with E-state index in [1.165, 1.54) is 0 Å². The first-order valence-corrected chi connectivity index (χ1v) is 8.09. The van der Waals surface area contributed by atoms with Crippen molar-refractivity contribution >= 4 is 17.5 Å². The van der Waals surface area contributed by atoms with Gasteiger partial charge in [0.15, 0.2) is 0 Å². The first-order chi connectivity index (χ1) is 11.3. The number of aryl methyl sites for hydroxylation is 3. The van der Waals surface area contributed by atoms with Crippen molar-refractivity contribution in [2.75, 3.05) is 5.32 Å². The van der Waals surface area contributed by atoms with Crippen LogP contribution in [0.2, 0.25) is 0 Å². The first kappa shape index (κ1) is 17.7. The van der Waals surface area contributed by atoms with Crippen LogP contribution in [0.1, 0.15) is 52.9 Å². The highest BCUT2D eigenvalue weighted by Crippen LogP contribution is 2.17. The summed E-state index contributed by atoms with van der Waals surface area (Å²) in [6.45, 7) is 10.1. The van der Waals surface area contributed by atoms with Crippen LogP contribution in [0, 0.1) is 13.8 Å². The molecule has 2 rings (SSSR count). The van der Waals surface area contributed by atoms with Gasteiger partial charge in [-0.2, -0.15) is 5.10 Å². The summed E-state index contributed by atoms with van der Waals surface area (Å²) in [5.74, 6) is -0.385. The minimum atomic E-state index is -0.239. The Hall–Kier alpha value is -2.63. The molecule has 24 heavy (non-hydrogen) atoms. The molecule has 0 unspecified atom stereocenters. The quantitative estimate of drug-likeness (QED) is 0.886. The molecule has 0 atom stereocenters. The van der Waals surface area contributed by atoms with Gasteiger partial charge in [0.2, 0.25) is 0 Å². The summed E-state index contributed by atoms with van der Waals surface area (Å²) in [6, 6.07) is 7.12. The molecule has 6 nitrogen and oxygen atoms in total. The highest BCUT2D eigenvalue weighted by atomic mass is 16.2. The maximum Gasteiger partial charge on any atom is 0.273 e. The second-order valence-corrected chi connectivity index (χ2v) is 6.10. The van der Waals surface area contributed by atoms with Crippen LogP contribution in [0.15, 0.2) is 24.3 Å². The Kier molecular flexibility index (Phi) is 5.39. The van der Waals surface area contributed by atoms with Gasteiger partial charge in [0.1, 0.15) is 5.69 Å². The Morgan fingerprint density at radius 1 is 1.17 bits per heavy atom. The Bertz CT molecular complexity index is 762. The minimum Gasteiger partial charge on any atom is -0.350 e. The normalized spacial score (nSPS) is 10.8. The van der Waals surface area contributed by atoms with E-state index in [0.717, 1.165) is 11.3 Å². The van der Waals surface area contributed by atoms with Crippen molar-refractivity contribution in [3.05, 3.63) is 46.8 Å². The second-order valence-electron chi connectivity index (χ2n) is 6.10. The SMILES string of the molecule is CCn1nc(C)cc1C(=O)Nc1ccc(C)c(C(=O)NC(C)C)c1. The number of amides is 2. The zero-order valence-electron chi connectivity index (χ0n) is 14.8. The number of hydrogen-bond donors (Lipinski definition) is 2. The standard InChI is InChI=1S/C18H24N4O2/c1-6-22-16(9-13(5)21-22)18(24)20-14-8-7-12(4)15(10-14)17(23)19-11(2)3/h7-11H,6H2,1-5H3,(H,19,23)(H,20,24). The number of nitrogens with one attached hydrogen (secondary N) is 2. The van der Waals surface area contributed by atoms with E-state index in [9.17, 15) is 9.59 Å². The van der Waals surface area contributed by atoms with Crippen molar-refractivity contribution in [2.45, 2.75) is 47.2 Å². The summed E-state index contributed by atoms with van der Waals surface area (Å²) in [4.78, 5) is 24.7. The molecule has 2 N–H and O–H groups in total. The summed E-state index contributed by atoms with van der Waals surface area (Å²) in [5.41, 5.74) is 3.30. The lowest BCUT2D eigenvalue weighted by Gasteiger charge is -2.13. The fourth-order valence-electron chi connectivity index (χ4n) is 2.45. The maximum atomic E-state index is 12.5. The monoisotopic (exact) mass is 328 g/mol. The Morgan fingerprint density at radius 3 is 2.50 bits per heavy atom. The molecular weight excluding hydrogens is 304 g/mol. The predicted octanol–water partition coefficient (Wildman–Crippen LogP) is 2.91. The highest BCUT2D eigenvalue weighted by Gasteiger charge is 2.15. The zero-order chi connectivity index (χ0) is 17.9. The van der Waals surface area contributed by atoms with Gasteiger partial charge in [-0.05, 0) is 58.4 Å². The molecule has 2 aromatic rings. The van der Waals surface area contributed by atoms with Crippen LogP contribution in [-0.2, 0) is 6.54 Å². The number of aromatic nitrogens is 2. The molecule has 2 amide bonds. The molecule has 1 heterocycles. The Balaban J connectivity index is 2.23. The smallest absolute Gasteiger partial charge is 0.273 e. The van der Waals surface area contributed by atoms with E-state index >= 15 is 0 Å². The van der Waals surface area contributed by atoms with Gasteiger partial charge in [-0.25, -0.2) is 0 Å². The average molecular weight is 328 g/mol. The van der Waals surface area contributed by atoms with Crippen LogP contribution in [0.4, 0.5) is 5.69 Å². The van der Waals surface area contributed by atoms with Crippen LogP contribution in [0.5, 0.6) is 0 Å². The van der Waals surface area contributed by atoms with Gasteiger partial charge < -0.3 is 10.6 Å². The molecule has 0 aliphatic carbocycles. The van der Waals surface area contributed by atoms with Crippen molar-refractivity contribution in [2.24, 2.45) is 0 Å². The van der Waals surface area contributed by atoms with Crippen molar-refractivity contribution in [1.82, 2.24) is 15.1 Å². The summed E-state index contributed by atoms with van der Waals surface area (Å²) in [7, 11) is 0. The van der Waals surface area contributed by atoms with Crippen LogP contribution in [-0.4, -0.2) is 27.6 Å². The van der Waals surface area contributed by atoms with E-state index in [1.807, 2.05) is 40.7 Å². The fraction of sp³-hybridized carbons (Fsp3) is 0.389. The number of carbonyl (C=O) groups excluding carboxylic acids is 2. The molecule has 0 fully saturated rings. The Morgan fingerprint density at radius 2 is 1.88 bits per heavy atom. The third-order valence-electron chi connectivity index (χ3n) is 3.59. The van der Waals surface area contributed by atoms with Gasteiger partial charge in [0, 0.05) is 23.8 Å². The first-order valence-electron chi connectivity index (χ1n) is 8.09. The topological polar surface area (TPSA) is 76.0 Å². The van der Waals surface area contributed by atoms with Gasteiger partial charge in [-0.1, -0.05) is 6.07 Å². The molecule has 1 aromatic carbocycles. The van der Waals surface area contributed by atoms with E-state index in [-0.39, 0.29) is 17.9 Å². The van der Waals surface area contributed by atoms with Crippen LogP contribution < -0.4 is 10.6 Å². The maximum absolute atomic E-state index is 12.5. The van der Waals surface area contributed by atoms with Gasteiger partial charge >= 0.3 is 0 Å². The van der Waals surface area contributed by atoms with Crippen molar-refractivity contribution < 1.29 is 9.59 Å². The number of rotatable bonds is 5. The van der Waals surface area contributed by atoms with E-state index in [1.54, 1.807) is 22.9 Å². The number of anilines is 1. The zero-order valence-corrected chi connectivity index (χ0v) is 14.8. The molecule has 1 aromatic heterocycles. The van der Waals surface area contributed by atoms with Gasteiger partial charge in [0.05, 0.1) is 5.69 Å². The number of benzene rings is 1. The molecule has 0 saturated heterocycles. The molecule has 0 saturated carbocycles. The third-order valence-corrected chi connectivity index (χ3v) is 3.59. The molecular formula is C18H24N4O2. The largest absolute Gasteiger partial charge is 0.350 e. The summed E-state index contributed by atoms with van der Waals surface area (Å²) in [6.07, 6.45) is 0. The summed E-state index contributed by atoms with van der Waals surface area (Å²) < 4.78 is 1.66. The van der Waals surface area contributed by atoms with E-state index in [4.69, 9.17) is 0 Å². The van der Waals surface area contributed by atoms with Gasteiger partial charge in [-0.15, -0.1) is 0 Å². The summed E-state index contributed by atoms with van der Waals surface area (Å²) in [5, 5.41) is 9.99. The molecule has 128 valence electrons. The van der Waals surface area contributed by atoms with Crippen molar-refractivity contribution in [1.29, 1.82) is 0 Å². The molecule has 0 spiro atoms. The number of carbonyl (C=O) groups is 2. The van der Waals surface area contributed by atoms with Crippen LogP contribution in [0.25, 0.3) is 0 Å². The number of nitrogens with zero attached hydrogens (tertiary/aromatic N) is 2. The van der Waals surface area contributed by atoms with Crippen molar-refractivity contribution in [3.8, 4) is 0 Å². The second kappa shape index (κ2) is 7.29. The van der Waals surface area contributed by atoms with Crippen molar-refractivity contribution in [3.63, 3.8) is 0 Å². The summed E-state index contributed by atoms with van der Waals surface area (Å²) >= 11 is 0. The molecule has 6 heteroatoms. The molecule has 0 radical (unpaired) electrons. The lowest BCUT2D eigenvalue weighted by Crippen LogP contribution is -2.30. The van der Waals surface area contributed by atoms with E-state index in [2.05, 4.69) is 15.7 Å². The Labute approximate surface area is 142 Å². The third kappa shape index (κ3) is 4.01. The van der Waals surface area contributed by atoms with Crippen LogP contribution in [0.3, 0.4) is 0 Å². The predicted molar refractivity (Wildman–Crippen MR) is 94.4 cm³/mol. The molecule has 0 aliphatic heterocycles. The van der Waals surface area contributed by atoms with Gasteiger partial charge in [0.25, 0.3) is 11.8 Å². The lowest BCUT2D eigenvalue weighted by molar-refractivity contribution is 0.0941. The fourth-order valence-corrected chi connectivity index (χ4v) is 2.45. The van der Waals surface area contributed by atoms with E-state index < -0.39 is 0 Å². The number of hydrogen-bond acceptors (Lipinski definition) is 3. The van der Waals surface area contributed by atoms with E-state index in [0.29, 0.717) is 23.5 Å². The molecule has 0 aliphatic rings. The molecule has 0 bridgehead atoms. The van der Waals surface area contributed by atoms with Crippen LogP contribution >= 0.6 is 0 Å². The highest BCUT2D eigenvalue weighted by molar-refractivity contribution is 6.04. The lowest BCUT2D eigenvalue weighted by atomic mass is 10.1. The minimum absolute atomic E-state index is 0.0528. The van der Waals surface area contributed by atoms with Gasteiger partial charge in [-0.3, -0.25) is 14.3 Å². The average Bonchev–Trinajstić information content (AvgIpc) is 2.89.